The van der Waals surface area contributed by atoms with Crippen LogP contribution in [-0.2, 0) is 24.3 Å². The van der Waals surface area contributed by atoms with Crippen LogP contribution < -0.4 is 10.0 Å². The summed E-state index contributed by atoms with van der Waals surface area (Å²) in [6, 6.07) is -0.295. The smallest absolute Gasteiger partial charge is 0.310 e. The van der Waals surface area contributed by atoms with Gasteiger partial charge in [0.15, 0.2) is 0 Å². The Kier molecular flexibility index (Phi) is 4.64. The summed E-state index contributed by atoms with van der Waals surface area (Å²) in [6.07, 6.45) is 2.51. The summed E-state index contributed by atoms with van der Waals surface area (Å²) in [5.41, 5.74) is 0. The molecule has 2 fully saturated rings. The Balaban J connectivity index is 2.02. The topological polar surface area (TPSA) is 102 Å². The van der Waals surface area contributed by atoms with Crippen molar-refractivity contribution in [3.63, 3.8) is 0 Å². The lowest BCUT2D eigenvalue weighted by Crippen LogP contribution is -2.51. The highest BCUT2D eigenvalue weighted by molar-refractivity contribution is 7.90. The molecule has 1 saturated carbocycles. The molecule has 0 radical (unpaired) electrons. The van der Waals surface area contributed by atoms with E-state index in [0.717, 1.165) is 0 Å². The van der Waals surface area contributed by atoms with Crippen molar-refractivity contribution in [3.05, 3.63) is 0 Å². The highest BCUT2D eigenvalue weighted by atomic mass is 32.2. The zero-order chi connectivity index (χ0) is 14.8. The molecule has 3 unspecified atom stereocenters. The molecule has 0 bridgehead atoms. The monoisotopic (exact) mass is 304 g/mol. The number of hydrogen-bond donors (Lipinski definition) is 2. The van der Waals surface area contributed by atoms with Gasteiger partial charge < -0.3 is 10.1 Å². The van der Waals surface area contributed by atoms with Crippen molar-refractivity contribution >= 4 is 21.9 Å². The van der Waals surface area contributed by atoms with E-state index < -0.39 is 27.2 Å². The molecule has 1 aliphatic heterocycles. The molecular formula is C12H20N2O5S. The highest BCUT2D eigenvalue weighted by Gasteiger charge is 2.43. The Bertz CT molecular complexity index is 480. The number of carbonyl (C=O) groups excluding carboxylic acids is 2. The van der Waals surface area contributed by atoms with Gasteiger partial charge in [-0.2, -0.15) is 0 Å². The van der Waals surface area contributed by atoms with Gasteiger partial charge in [0, 0.05) is 19.0 Å². The highest BCUT2D eigenvalue weighted by Crippen LogP contribution is 2.32. The van der Waals surface area contributed by atoms with Crippen molar-refractivity contribution in [1.29, 1.82) is 0 Å². The fourth-order valence-corrected chi connectivity index (χ4v) is 4.87. The summed E-state index contributed by atoms with van der Waals surface area (Å²) in [5.74, 6) is -1.11. The standard InChI is InChI=1S/C12H20N2O5S/c1-19-12(16)9-3-2-4-10(9)20(17,18)14-8-5-6-11(15)13-7-8/h8-10,14H,2-7H2,1H3,(H,13,15). The SMILES string of the molecule is COC(=O)C1CCCC1S(=O)(=O)NC1CCC(=O)NC1. The lowest BCUT2D eigenvalue weighted by Gasteiger charge is -2.26. The van der Waals surface area contributed by atoms with Crippen molar-refractivity contribution in [2.24, 2.45) is 5.92 Å². The zero-order valence-corrected chi connectivity index (χ0v) is 12.2. The number of ether oxygens (including phenoxy) is 1. The molecule has 1 aliphatic carbocycles. The van der Waals surface area contributed by atoms with Crippen LogP contribution in [0.4, 0.5) is 0 Å². The largest absolute Gasteiger partial charge is 0.469 e. The minimum Gasteiger partial charge on any atom is -0.469 e. The number of piperidine rings is 1. The Morgan fingerprint density at radius 1 is 1.35 bits per heavy atom. The first-order valence-electron chi connectivity index (χ1n) is 6.79. The summed E-state index contributed by atoms with van der Waals surface area (Å²) in [7, 11) is -2.31. The third-order valence-electron chi connectivity index (χ3n) is 3.95. The number of carbonyl (C=O) groups is 2. The molecule has 20 heavy (non-hydrogen) atoms. The average molecular weight is 304 g/mol. The number of rotatable bonds is 4. The molecule has 114 valence electrons. The molecule has 7 nitrogen and oxygen atoms in total. The van der Waals surface area contributed by atoms with Gasteiger partial charge in [-0.15, -0.1) is 0 Å². The predicted molar refractivity (Wildman–Crippen MR) is 71.2 cm³/mol. The molecular weight excluding hydrogens is 284 g/mol. The van der Waals surface area contributed by atoms with E-state index in [9.17, 15) is 18.0 Å². The maximum atomic E-state index is 12.4. The van der Waals surface area contributed by atoms with Crippen molar-refractivity contribution in [2.75, 3.05) is 13.7 Å². The molecule has 2 N–H and O–H groups in total. The Hall–Kier alpha value is -1.15. The average Bonchev–Trinajstić information content (AvgIpc) is 2.90. The van der Waals surface area contributed by atoms with Crippen LogP contribution in [0.15, 0.2) is 0 Å². The van der Waals surface area contributed by atoms with E-state index in [4.69, 9.17) is 0 Å². The predicted octanol–water partition coefficient (Wildman–Crippen LogP) is -0.474. The molecule has 3 atom stereocenters. The van der Waals surface area contributed by atoms with E-state index in [1.165, 1.54) is 7.11 Å². The van der Waals surface area contributed by atoms with Gasteiger partial charge in [-0.3, -0.25) is 9.59 Å². The van der Waals surface area contributed by atoms with E-state index in [1.54, 1.807) is 0 Å². The van der Waals surface area contributed by atoms with Crippen LogP contribution in [0.25, 0.3) is 0 Å². The summed E-state index contributed by atoms with van der Waals surface area (Å²) >= 11 is 0. The molecule has 0 spiro atoms. The third-order valence-corrected chi connectivity index (χ3v) is 5.97. The van der Waals surface area contributed by atoms with Crippen LogP contribution in [0.3, 0.4) is 0 Å². The lowest BCUT2D eigenvalue weighted by atomic mass is 10.1. The minimum atomic E-state index is -3.58. The maximum Gasteiger partial charge on any atom is 0.310 e. The van der Waals surface area contributed by atoms with E-state index in [2.05, 4.69) is 14.8 Å². The normalized spacial score (nSPS) is 30.9. The maximum absolute atomic E-state index is 12.4. The summed E-state index contributed by atoms with van der Waals surface area (Å²) in [6.45, 7) is 0.299. The van der Waals surface area contributed by atoms with Crippen molar-refractivity contribution in [2.45, 2.75) is 43.4 Å². The second-order valence-electron chi connectivity index (χ2n) is 5.30. The fourth-order valence-electron chi connectivity index (χ4n) is 2.87. The van der Waals surface area contributed by atoms with E-state index in [1.807, 2.05) is 0 Å². The molecule has 2 rings (SSSR count). The number of amides is 1. The molecule has 1 saturated heterocycles. The van der Waals surface area contributed by atoms with Crippen molar-refractivity contribution in [3.8, 4) is 0 Å². The van der Waals surface area contributed by atoms with Crippen LogP contribution >= 0.6 is 0 Å². The first-order valence-corrected chi connectivity index (χ1v) is 8.34. The molecule has 0 aromatic heterocycles. The van der Waals surface area contributed by atoms with Gasteiger partial charge in [-0.1, -0.05) is 6.42 Å². The summed E-state index contributed by atoms with van der Waals surface area (Å²) in [4.78, 5) is 22.7. The Morgan fingerprint density at radius 3 is 2.70 bits per heavy atom. The van der Waals surface area contributed by atoms with Gasteiger partial charge in [0.25, 0.3) is 0 Å². The molecule has 2 aliphatic rings. The first-order chi connectivity index (χ1) is 9.44. The number of methoxy groups -OCH3 is 1. The van der Waals surface area contributed by atoms with Gasteiger partial charge in [-0.25, -0.2) is 13.1 Å². The van der Waals surface area contributed by atoms with Gasteiger partial charge in [-0.05, 0) is 19.3 Å². The Labute approximate surface area is 118 Å². The molecule has 0 aromatic rings. The van der Waals surface area contributed by atoms with Crippen LogP contribution in [0.5, 0.6) is 0 Å². The van der Waals surface area contributed by atoms with Gasteiger partial charge >= 0.3 is 5.97 Å². The molecule has 1 heterocycles. The molecule has 0 aromatic carbocycles. The second-order valence-corrected chi connectivity index (χ2v) is 7.23. The third kappa shape index (κ3) is 3.29. The van der Waals surface area contributed by atoms with Crippen LogP contribution in [0.2, 0.25) is 0 Å². The van der Waals surface area contributed by atoms with Gasteiger partial charge in [0.05, 0.1) is 18.3 Å². The Morgan fingerprint density at radius 2 is 2.10 bits per heavy atom. The van der Waals surface area contributed by atoms with Crippen LogP contribution in [-0.4, -0.2) is 45.2 Å². The molecule has 8 heteroatoms. The number of hydrogen-bond acceptors (Lipinski definition) is 5. The second kappa shape index (κ2) is 6.09. The number of sulfonamides is 1. The lowest BCUT2D eigenvalue weighted by molar-refractivity contribution is -0.145. The molecule has 1 amide bonds. The zero-order valence-electron chi connectivity index (χ0n) is 11.4. The summed E-state index contributed by atoms with van der Waals surface area (Å²) < 4.78 is 32.1. The van der Waals surface area contributed by atoms with E-state index in [0.29, 0.717) is 38.6 Å². The fraction of sp³-hybridized carbons (Fsp3) is 0.833. The van der Waals surface area contributed by atoms with Crippen molar-refractivity contribution < 1.29 is 22.7 Å². The van der Waals surface area contributed by atoms with E-state index in [-0.39, 0.29) is 11.9 Å². The van der Waals surface area contributed by atoms with Gasteiger partial charge in [0.1, 0.15) is 0 Å². The van der Waals surface area contributed by atoms with Crippen LogP contribution in [0, 0.1) is 5.92 Å². The number of esters is 1. The van der Waals surface area contributed by atoms with Crippen molar-refractivity contribution in [1.82, 2.24) is 10.0 Å². The quantitative estimate of drug-likeness (QED) is 0.684. The van der Waals surface area contributed by atoms with Crippen LogP contribution in [0.1, 0.15) is 32.1 Å². The summed E-state index contributed by atoms with van der Waals surface area (Å²) in [5, 5.41) is 1.90. The first kappa shape index (κ1) is 15.2. The van der Waals surface area contributed by atoms with E-state index >= 15 is 0 Å². The van der Waals surface area contributed by atoms with Gasteiger partial charge in [0.2, 0.25) is 15.9 Å². The minimum absolute atomic E-state index is 0.0613. The number of nitrogens with one attached hydrogen (secondary N) is 2.